The smallest absolute Gasteiger partial charge is 0.225 e. The van der Waals surface area contributed by atoms with Gasteiger partial charge in [-0.05, 0) is 45.4 Å². The summed E-state index contributed by atoms with van der Waals surface area (Å²) in [6.45, 7) is 13.2. The standard InChI is InChI=1S/C15H26N2O2.2C2H6.H2/c1-11(18)15(2)7-9-17(10-8-15)14(19)12-3-5-13(16)6-4-12;2*1-2;/h12-13H,3-10,16H2,1-2H3;2*1-2H3;1H. The summed E-state index contributed by atoms with van der Waals surface area (Å²) in [6.07, 6.45) is 5.41. The van der Waals surface area contributed by atoms with Crippen molar-refractivity contribution >= 4 is 11.7 Å². The number of nitrogens with zero attached hydrogens (tertiary/aromatic N) is 1. The van der Waals surface area contributed by atoms with E-state index < -0.39 is 0 Å². The molecule has 1 saturated carbocycles. The summed E-state index contributed by atoms with van der Waals surface area (Å²) in [5.74, 6) is 0.710. The van der Waals surface area contributed by atoms with Crippen LogP contribution in [0.25, 0.3) is 0 Å². The summed E-state index contributed by atoms with van der Waals surface area (Å²) < 4.78 is 0. The van der Waals surface area contributed by atoms with Gasteiger partial charge in [0.2, 0.25) is 5.91 Å². The predicted molar refractivity (Wildman–Crippen MR) is 99.3 cm³/mol. The van der Waals surface area contributed by atoms with E-state index in [4.69, 9.17) is 5.73 Å². The molecule has 2 rings (SSSR count). The van der Waals surface area contributed by atoms with Gasteiger partial charge in [0.1, 0.15) is 5.78 Å². The van der Waals surface area contributed by atoms with Crippen molar-refractivity contribution in [2.24, 2.45) is 17.1 Å². The Morgan fingerprint density at radius 2 is 1.43 bits per heavy atom. The second-order valence-electron chi connectivity index (χ2n) is 6.55. The Balaban J connectivity index is 0. The second-order valence-corrected chi connectivity index (χ2v) is 6.55. The number of hydrogen-bond acceptors (Lipinski definition) is 3. The quantitative estimate of drug-likeness (QED) is 0.832. The average Bonchev–Trinajstić information content (AvgIpc) is 2.59. The normalized spacial score (nSPS) is 26.1. The molecule has 138 valence electrons. The van der Waals surface area contributed by atoms with Crippen molar-refractivity contribution < 1.29 is 11.0 Å². The lowest BCUT2D eigenvalue weighted by Crippen LogP contribution is -2.47. The van der Waals surface area contributed by atoms with Crippen LogP contribution in [-0.4, -0.2) is 35.7 Å². The zero-order valence-corrected chi connectivity index (χ0v) is 16.2. The Morgan fingerprint density at radius 1 is 1.00 bits per heavy atom. The molecular weight excluding hydrogens is 288 g/mol. The molecule has 0 atom stereocenters. The lowest BCUT2D eigenvalue weighted by Gasteiger charge is -2.39. The highest BCUT2D eigenvalue weighted by Crippen LogP contribution is 2.33. The molecule has 0 aromatic heterocycles. The highest BCUT2D eigenvalue weighted by atomic mass is 16.2. The molecule has 1 heterocycles. The van der Waals surface area contributed by atoms with Crippen LogP contribution in [0.2, 0.25) is 0 Å². The van der Waals surface area contributed by atoms with Gasteiger partial charge in [0.15, 0.2) is 0 Å². The number of hydrogen-bond donors (Lipinski definition) is 1. The molecule has 4 heteroatoms. The van der Waals surface area contributed by atoms with Crippen LogP contribution < -0.4 is 5.73 Å². The fourth-order valence-corrected chi connectivity index (χ4v) is 3.20. The number of rotatable bonds is 2. The number of Topliss-reactive ketones (excluding diaryl/α,β-unsaturated/α-hetero) is 1. The van der Waals surface area contributed by atoms with Crippen molar-refractivity contribution in [3.8, 4) is 0 Å². The van der Waals surface area contributed by atoms with E-state index in [0.29, 0.717) is 0 Å². The number of carbonyl (C=O) groups is 2. The summed E-state index contributed by atoms with van der Waals surface area (Å²) in [5, 5.41) is 0. The van der Waals surface area contributed by atoms with Crippen LogP contribution in [0.1, 0.15) is 81.5 Å². The summed E-state index contributed by atoms with van der Waals surface area (Å²) in [6, 6.07) is 0.284. The number of amides is 1. The van der Waals surface area contributed by atoms with E-state index in [1.807, 2.05) is 39.5 Å². The van der Waals surface area contributed by atoms with Crippen LogP contribution >= 0.6 is 0 Å². The maximum Gasteiger partial charge on any atom is 0.225 e. The first-order chi connectivity index (χ1) is 10.9. The van der Waals surface area contributed by atoms with Crippen molar-refractivity contribution in [3.63, 3.8) is 0 Å². The average molecular weight is 329 g/mol. The molecule has 0 aromatic carbocycles. The van der Waals surface area contributed by atoms with Crippen LogP contribution in [0.3, 0.4) is 0 Å². The van der Waals surface area contributed by atoms with Crippen LogP contribution in [0.15, 0.2) is 0 Å². The topological polar surface area (TPSA) is 63.4 Å². The minimum absolute atomic E-state index is 0. The van der Waals surface area contributed by atoms with Crippen LogP contribution in [0, 0.1) is 11.3 Å². The van der Waals surface area contributed by atoms with Gasteiger partial charge in [0, 0.05) is 31.9 Å². The molecule has 1 aliphatic carbocycles. The maximum absolute atomic E-state index is 12.4. The van der Waals surface area contributed by atoms with Gasteiger partial charge in [0.25, 0.3) is 0 Å². The SMILES string of the molecule is CC.CC.CC(=O)C1(C)CCN(C(=O)C2CCC(N)CC2)CC1.[HH]. The number of likely N-dealkylation sites (tertiary alicyclic amines) is 1. The van der Waals surface area contributed by atoms with Gasteiger partial charge in [-0.15, -0.1) is 0 Å². The van der Waals surface area contributed by atoms with Crippen LogP contribution in [0.4, 0.5) is 0 Å². The third-order valence-corrected chi connectivity index (χ3v) is 5.15. The molecule has 1 amide bonds. The number of ketones is 1. The predicted octanol–water partition coefficient (Wildman–Crippen LogP) is 4.02. The molecule has 23 heavy (non-hydrogen) atoms. The Hall–Kier alpha value is -0.900. The van der Waals surface area contributed by atoms with Crippen molar-refractivity contribution in [1.29, 1.82) is 0 Å². The molecule has 0 aromatic rings. The molecule has 0 bridgehead atoms. The van der Waals surface area contributed by atoms with Gasteiger partial charge < -0.3 is 10.6 Å². The second kappa shape index (κ2) is 10.8. The Kier molecular flexibility index (Phi) is 10.4. The first-order valence-corrected chi connectivity index (χ1v) is 9.48. The Morgan fingerprint density at radius 3 is 1.83 bits per heavy atom. The van der Waals surface area contributed by atoms with Crippen molar-refractivity contribution in [1.82, 2.24) is 4.90 Å². The molecule has 2 fully saturated rings. The number of piperidine rings is 1. The van der Waals surface area contributed by atoms with E-state index in [1.165, 1.54) is 0 Å². The van der Waals surface area contributed by atoms with Crippen LogP contribution in [0.5, 0.6) is 0 Å². The third-order valence-electron chi connectivity index (χ3n) is 5.15. The van der Waals surface area contributed by atoms with Gasteiger partial charge in [-0.2, -0.15) is 0 Å². The molecule has 1 saturated heterocycles. The number of carbonyl (C=O) groups excluding carboxylic acids is 2. The molecular formula is C19H40N2O2. The molecule has 1 aliphatic heterocycles. The van der Waals surface area contributed by atoms with E-state index in [-0.39, 0.29) is 30.5 Å². The first-order valence-electron chi connectivity index (χ1n) is 9.48. The van der Waals surface area contributed by atoms with E-state index in [9.17, 15) is 9.59 Å². The van der Waals surface area contributed by atoms with E-state index >= 15 is 0 Å². The fraction of sp³-hybridized carbons (Fsp3) is 0.895. The van der Waals surface area contributed by atoms with Crippen molar-refractivity contribution in [2.75, 3.05) is 13.1 Å². The minimum atomic E-state index is -0.217. The summed E-state index contributed by atoms with van der Waals surface area (Å²) in [7, 11) is 0. The lowest BCUT2D eigenvalue weighted by atomic mass is 9.76. The Labute approximate surface area is 144 Å². The zero-order chi connectivity index (χ0) is 18.0. The molecule has 2 aliphatic rings. The molecule has 0 spiro atoms. The van der Waals surface area contributed by atoms with E-state index in [1.54, 1.807) is 6.92 Å². The van der Waals surface area contributed by atoms with Crippen LogP contribution in [-0.2, 0) is 9.59 Å². The highest BCUT2D eigenvalue weighted by molar-refractivity contribution is 5.83. The summed E-state index contributed by atoms with van der Waals surface area (Å²) >= 11 is 0. The molecule has 2 N–H and O–H groups in total. The lowest BCUT2D eigenvalue weighted by molar-refractivity contribution is -0.141. The largest absolute Gasteiger partial charge is 0.342 e. The van der Waals surface area contributed by atoms with Gasteiger partial charge >= 0.3 is 0 Å². The monoisotopic (exact) mass is 328 g/mol. The van der Waals surface area contributed by atoms with E-state index in [0.717, 1.165) is 51.6 Å². The molecule has 0 unspecified atom stereocenters. The maximum atomic E-state index is 12.4. The number of nitrogens with two attached hydrogens (primary N) is 1. The van der Waals surface area contributed by atoms with Gasteiger partial charge in [-0.25, -0.2) is 0 Å². The fourth-order valence-electron chi connectivity index (χ4n) is 3.20. The van der Waals surface area contributed by atoms with Gasteiger partial charge in [-0.1, -0.05) is 34.6 Å². The van der Waals surface area contributed by atoms with Crippen molar-refractivity contribution in [2.45, 2.75) is 86.1 Å². The highest BCUT2D eigenvalue weighted by Gasteiger charge is 2.37. The van der Waals surface area contributed by atoms with Gasteiger partial charge in [0.05, 0.1) is 0 Å². The Bertz CT molecular complexity index is 358. The molecule has 0 radical (unpaired) electrons. The first kappa shape index (κ1) is 22.1. The molecule has 4 nitrogen and oxygen atoms in total. The summed E-state index contributed by atoms with van der Waals surface area (Å²) in [4.78, 5) is 26.0. The summed E-state index contributed by atoms with van der Waals surface area (Å²) in [5.41, 5.74) is 5.67. The van der Waals surface area contributed by atoms with E-state index in [2.05, 4.69) is 0 Å². The third kappa shape index (κ3) is 6.25. The van der Waals surface area contributed by atoms with Gasteiger partial charge in [-0.3, -0.25) is 9.59 Å². The van der Waals surface area contributed by atoms with Crippen molar-refractivity contribution in [3.05, 3.63) is 0 Å². The zero-order valence-electron chi connectivity index (χ0n) is 16.2. The minimum Gasteiger partial charge on any atom is -0.342 e.